The molecule has 0 spiro atoms. The normalized spacial score (nSPS) is 9.88. The Balaban J connectivity index is 2.57. The average Bonchev–Trinajstić information content (AvgIpc) is 2.38. The number of nitriles is 1. The van der Waals surface area contributed by atoms with Crippen LogP contribution in [-0.2, 0) is 6.42 Å². The summed E-state index contributed by atoms with van der Waals surface area (Å²) in [6, 6.07) is 11.6. The minimum absolute atomic E-state index is 0.164. The van der Waals surface area contributed by atoms with E-state index in [0.29, 0.717) is 5.56 Å². The SMILES string of the molecule is CCc1ccc(-c2cc[nH]c(=O)c2C#N)cc1. The fraction of sp³-hybridized carbons (Fsp3) is 0.143. The third kappa shape index (κ3) is 2.11. The molecule has 0 fully saturated rings. The second kappa shape index (κ2) is 4.67. The average molecular weight is 224 g/mol. The van der Waals surface area contributed by atoms with Gasteiger partial charge in [0.25, 0.3) is 5.56 Å². The van der Waals surface area contributed by atoms with Gasteiger partial charge in [0, 0.05) is 11.8 Å². The number of aromatic nitrogens is 1. The van der Waals surface area contributed by atoms with Crippen LogP contribution in [0.2, 0.25) is 0 Å². The van der Waals surface area contributed by atoms with Gasteiger partial charge in [0.15, 0.2) is 0 Å². The molecule has 1 aromatic carbocycles. The van der Waals surface area contributed by atoms with Crippen molar-refractivity contribution in [1.29, 1.82) is 5.26 Å². The van der Waals surface area contributed by atoms with Crippen LogP contribution in [0.25, 0.3) is 11.1 Å². The number of aryl methyl sites for hydroxylation is 1. The van der Waals surface area contributed by atoms with Crippen LogP contribution in [0, 0.1) is 11.3 Å². The molecule has 0 bridgehead atoms. The number of nitrogens with zero attached hydrogens (tertiary/aromatic N) is 1. The lowest BCUT2D eigenvalue weighted by Gasteiger charge is -2.04. The Kier molecular flexibility index (Phi) is 3.06. The summed E-state index contributed by atoms with van der Waals surface area (Å²) < 4.78 is 0. The lowest BCUT2D eigenvalue weighted by Crippen LogP contribution is -2.10. The van der Waals surface area contributed by atoms with E-state index in [4.69, 9.17) is 5.26 Å². The molecule has 1 heterocycles. The van der Waals surface area contributed by atoms with Gasteiger partial charge in [-0.3, -0.25) is 4.79 Å². The lowest BCUT2D eigenvalue weighted by atomic mass is 10.0. The van der Waals surface area contributed by atoms with Gasteiger partial charge in [-0.2, -0.15) is 5.26 Å². The van der Waals surface area contributed by atoms with Crippen molar-refractivity contribution in [2.45, 2.75) is 13.3 Å². The van der Waals surface area contributed by atoms with E-state index in [1.807, 2.05) is 30.3 Å². The number of aromatic amines is 1. The summed E-state index contributed by atoms with van der Waals surface area (Å²) in [6.07, 6.45) is 2.53. The van der Waals surface area contributed by atoms with Gasteiger partial charge in [-0.1, -0.05) is 31.2 Å². The van der Waals surface area contributed by atoms with E-state index in [-0.39, 0.29) is 11.1 Å². The zero-order valence-electron chi connectivity index (χ0n) is 9.53. The number of H-pyrrole nitrogens is 1. The van der Waals surface area contributed by atoms with Crippen LogP contribution in [0.4, 0.5) is 0 Å². The minimum Gasteiger partial charge on any atom is -0.328 e. The van der Waals surface area contributed by atoms with Gasteiger partial charge in [-0.05, 0) is 23.6 Å². The van der Waals surface area contributed by atoms with Crippen molar-refractivity contribution >= 4 is 0 Å². The summed E-state index contributed by atoms with van der Waals surface area (Å²) in [4.78, 5) is 14.0. The summed E-state index contributed by atoms with van der Waals surface area (Å²) in [7, 11) is 0. The largest absolute Gasteiger partial charge is 0.328 e. The van der Waals surface area contributed by atoms with Gasteiger partial charge in [0.05, 0.1) is 0 Å². The third-order valence-corrected chi connectivity index (χ3v) is 2.75. The molecule has 0 unspecified atom stereocenters. The molecule has 1 N–H and O–H groups in total. The van der Waals surface area contributed by atoms with Gasteiger partial charge in [-0.25, -0.2) is 0 Å². The van der Waals surface area contributed by atoms with Gasteiger partial charge >= 0.3 is 0 Å². The number of pyridine rings is 1. The second-order valence-electron chi connectivity index (χ2n) is 3.76. The van der Waals surface area contributed by atoms with Gasteiger partial charge < -0.3 is 4.98 Å². The molecule has 84 valence electrons. The van der Waals surface area contributed by atoms with E-state index in [1.165, 1.54) is 5.56 Å². The van der Waals surface area contributed by atoms with Crippen molar-refractivity contribution in [3.05, 3.63) is 58.0 Å². The molecule has 0 amide bonds. The van der Waals surface area contributed by atoms with E-state index >= 15 is 0 Å². The first-order valence-corrected chi connectivity index (χ1v) is 5.47. The van der Waals surface area contributed by atoms with Crippen molar-refractivity contribution in [2.24, 2.45) is 0 Å². The predicted molar refractivity (Wildman–Crippen MR) is 66.6 cm³/mol. The van der Waals surface area contributed by atoms with E-state index in [0.717, 1.165) is 12.0 Å². The first-order valence-electron chi connectivity index (χ1n) is 5.47. The third-order valence-electron chi connectivity index (χ3n) is 2.75. The molecule has 1 aromatic heterocycles. The summed E-state index contributed by atoms with van der Waals surface area (Å²) in [6.45, 7) is 2.09. The van der Waals surface area contributed by atoms with Crippen LogP contribution >= 0.6 is 0 Å². The maximum atomic E-state index is 11.5. The molecule has 0 saturated heterocycles. The molecule has 2 rings (SSSR count). The Morgan fingerprint density at radius 3 is 2.53 bits per heavy atom. The molecule has 0 aliphatic rings. The number of nitrogens with one attached hydrogen (secondary N) is 1. The van der Waals surface area contributed by atoms with Crippen LogP contribution in [0.5, 0.6) is 0 Å². The molecule has 0 aliphatic carbocycles. The Bertz CT molecular complexity index is 618. The molecular weight excluding hydrogens is 212 g/mol. The molecule has 2 aromatic rings. The molecule has 17 heavy (non-hydrogen) atoms. The van der Waals surface area contributed by atoms with E-state index < -0.39 is 0 Å². The number of benzene rings is 1. The minimum atomic E-state index is -0.343. The molecule has 0 aliphatic heterocycles. The molecule has 3 nitrogen and oxygen atoms in total. The first-order chi connectivity index (χ1) is 8.26. The van der Waals surface area contributed by atoms with Crippen LogP contribution in [-0.4, -0.2) is 4.98 Å². The first kappa shape index (κ1) is 11.2. The van der Waals surface area contributed by atoms with Crippen molar-refractivity contribution in [3.8, 4) is 17.2 Å². The van der Waals surface area contributed by atoms with Crippen molar-refractivity contribution in [3.63, 3.8) is 0 Å². The second-order valence-corrected chi connectivity index (χ2v) is 3.76. The Labute approximate surface area is 99.4 Å². The topological polar surface area (TPSA) is 56.6 Å². The fourth-order valence-electron chi connectivity index (χ4n) is 1.75. The molecule has 3 heteroatoms. The summed E-state index contributed by atoms with van der Waals surface area (Å²) in [5.41, 5.74) is 2.63. The highest BCUT2D eigenvalue weighted by atomic mass is 16.1. The highest BCUT2D eigenvalue weighted by molar-refractivity contribution is 5.69. The predicted octanol–water partition coefficient (Wildman–Crippen LogP) is 2.48. The van der Waals surface area contributed by atoms with Crippen LogP contribution in [0.3, 0.4) is 0 Å². The Hall–Kier alpha value is -2.34. The lowest BCUT2D eigenvalue weighted by molar-refractivity contribution is 1.14. The molecular formula is C14H12N2O. The monoisotopic (exact) mass is 224 g/mol. The Morgan fingerprint density at radius 2 is 1.94 bits per heavy atom. The number of rotatable bonds is 2. The Morgan fingerprint density at radius 1 is 1.24 bits per heavy atom. The van der Waals surface area contributed by atoms with Gasteiger partial charge in [0.1, 0.15) is 11.6 Å². The van der Waals surface area contributed by atoms with Crippen LogP contribution in [0.1, 0.15) is 18.1 Å². The highest BCUT2D eigenvalue weighted by Crippen LogP contribution is 2.21. The van der Waals surface area contributed by atoms with E-state index in [2.05, 4.69) is 11.9 Å². The molecule has 0 saturated carbocycles. The number of hydrogen-bond donors (Lipinski definition) is 1. The van der Waals surface area contributed by atoms with Crippen molar-refractivity contribution < 1.29 is 0 Å². The van der Waals surface area contributed by atoms with Crippen molar-refractivity contribution in [1.82, 2.24) is 4.98 Å². The smallest absolute Gasteiger partial charge is 0.266 e. The summed E-state index contributed by atoms with van der Waals surface area (Å²) in [5, 5.41) is 8.99. The maximum absolute atomic E-state index is 11.5. The summed E-state index contributed by atoms with van der Waals surface area (Å²) >= 11 is 0. The zero-order chi connectivity index (χ0) is 12.3. The highest BCUT2D eigenvalue weighted by Gasteiger charge is 2.07. The standard InChI is InChI=1S/C14H12N2O/c1-2-10-3-5-11(6-4-10)12-7-8-16-14(17)13(12)9-15/h3-8H,2H2,1H3,(H,16,17). The van der Waals surface area contributed by atoms with Gasteiger partial charge in [-0.15, -0.1) is 0 Å². The number of hydrogen-bond acceptors (Lipinski definition) is 2. The van der Waals surface area contributed by atoms with E-state index in [1.54, 1.807) is 12.3 Å². The van der Waals surface area contributed by atoms with Gasteiger partial charge in [0.2, 0.25) is 0 Å². The maximum Gasteiger partial charge on any atom is 0.266 e. The quantitative estimate of drug-likeness (QED) is 0.851. The van der Waals surface area contributed by atoms with Crippen LogP contribution in [0.15, 0.2) is 41.3 Å². The fourth-order valence-corrected chi connectivity index (χ4v) is 1.75. The van der Waals surface area contributed by atoms with Crippen LogP contribution < -0.4 is 5.56 Å². The van der Waals surface area contributed by atoms with E-state index in [9.17, 15) is 4.79 Å². The van der Waals surface area contributed by atoms with Crippen molar-refractivity contribution in [2.75, 3.05) is 0 Å². The summed E-state index contributed by atoms with van der Waals surface area (Å²) in [5.74, 6) is 0. The molecule has 0 atom stereocenters. The molecule has 0 radical (unpaired) electrons. The zero-order valence-corrected chi connectivity index (χ0v) is 9.53.